The molecule has 100 valence electrons. The lowest BCUT2D eigenvalue weighted by Gasteiger charge is -2.34. The van der Waals surface area contributed by atoms with E-state index in [9.17, 15) is 9.59 Å². The molecule has 1 aromatic rings. The Hall–Kier alpha value is -1.07. The maximum Gasteiger partial charge on any atom is 0.330 e. The quantitative estimate of drug-likeness (QED) is 0.825. The van der Waals surface area contributed by atoms with E-state index in [1.165, 1.54) is 4.57 Å². The Labute approximate surface area is 110 Å². The van der Waals surface area contributed by atoms with Crippen LogP contribution in [0.5, 0.6) is 0 Å². The molecule has 6 heteroatoms. The number of hydrogen-bond acceptors (Lipinski definition) is 3. The monoisotopic (exact) mass is 272 g/mol. The highest BCUT2D eigenvalue weighted by Gasteiger charge is 2.33. The molecular weight excluding hydrogens is 256 g/mol. The van der Waals surface area contributed by atoms with E-state index in [0.717, 1.165) is 0 Å². The van der Waals surface area contributed by atoms with E-state index in [4.69, 9.17) is 16.3 Å². The lowest BCUT2D eigenvalue weighted by atomic mass is 9.92. The third-order valence-corrected chi connectivity index (χ3v) is 3.93. The third-order valence-electron chi connectivity index (χ3n) is 3.61. The van der Waals surface area contributed by atoms with Crippen LogP contribution in [-0.2, 0) is 16.7 Å². The Balaban J connectivity index is 2.64. The first-order valence-corrected chi connectivity index (χ1v) is 6.49. The summed E-state index contributed by atoms with van der Waals surface area (Å²) in [7, 11) is 0. The summed E-state index contributed by atoms with van der Waals surface area (Å²) < 4.78 is 6.60. The SMILES string of the molecule is CCc1c(Cl)[nH]c(=O)n(C2(C)CCOCC2)c1=O. The summed E-state index contributed by atoms with van der Waals surface area (Å²) in [6, 6.07) is 0. The number of halogens is 1. The molecule has 0 saturated carbocycles. The number of H-pyrrole nitrogens is 1. The summed E-state index contributed by atoms with van der Waals surface area (Å²) >= 11 is 5.90. The summed E-state index contributed by atoms with van der Waals surface area (Å²) in [4.78, 5) is 26.9. The molecule has 2 rings (SSSR count). The fourth-order valence-corrected chi connectivity index (χ4v) is 2.67. The predicted molar refractivity (Wildman–Crippen MR) is 69.4 cm³/mol. The van der Waals surface area contributed by atoms with Crippen molar-refractivity contribution in [3.05, 3.63) is 31.6 Å². The highest BCUT2D eigenvalue weighted by Crippen LogP contribution is 2.26. The smallest absolute Gasteiger partial charge is 0.330 e. The molecule has 5 nitrogen and oxygen atoms in total. The fourth-order valence-electron chi connectivity index (χ4n) is 2.38. The highest BCUT2D eigenvalue weighted by molar-refractivity contribution is 6.30. The lowest BCUT2D eigenvalue weighted by molar-refractivity contribution is 0.0259. The van der Waals surface area contributed by atoms with Gasteiger partial charge in [-0.2, -0.15) is 0 Å². The minimum absolute atomic E-state index is 0.152. The maximum atomic E-state index is 12.4. The van der Waals surface area contributed by atoms with Crippen molar-refractivity contribution in [2.75, 3.05) is 13.2 Å². The standard InChI is InChI=1S/C12H17ClN2O3/c1-3-8-9(13)14-11(17)15(10(8)16)12(2)4-6-18-7-5-12/h3-7H2,1-2H3,(H,14,17). The van der Waals surface area contributed by atoms with Crippen molar-refractivity contribution >= 4 is 11.6 Å². The third kappa shape index (κ3) is 2.12. The molecule has 1 aliphatic heterocycles. The first kappa shape index (κ1) is 13.4. The summed E-state index contributed by atoms with van der Waals surface area (Å²) in [6.07, 6.45) is 1.81. The average Bonchev–Trinajstić information content (AvgIpc) is 2.29. The van der Waals surface area contributed by atoms with Gasteiger partial charge in [-0.3, -0.25) is 14.3 Å². The second-order valence-corrected chi connectivity index (χ2v) is 5.20. The minimum Gasteiger partial charge on any atom is -0.381 e. The molecule has 1 aromatic heterocycles. The van der Waals surface area contributed by atoms with Crippen molar-refractivity contribution in [2.45, 2.75) is 38.6 Å². The van der Waals surface area contributed by atoms with Crippen LogP contribution in [0.4, 0.5) is 0 Å². The molecule has 0 spiro atoms. The van der Waals surface area contributed by atoms with Crippen LogP contribution in [0.15, 0.2) is 9.59 Å². The summed E-state index contributed by atoms with van der Waals surface area (Å²) in [5.74, 6) is 0. The van der Waals surface area contributed by atoms with E-state index >= 15 is 0 Å². The number of hydrogen-bond donors (Lipinski definition) is 1. The maximum absolute atomic E-state index is 12.4. The molecule has 0 amide bonds. The molecule has 18 heavy (non-hydrogen) atoms. The zero-order valence-corrected chi connectivity index (χ0v) is 11.3. The Kier molecular flexibility index (Phi) is 3.64. The van der Waals surface area contributed by atoms with Gasteiger partial charge in [-0.1, -0.05) is 18.5 Å². The van der Waals surface area contributed by atoms with Gasteiger partial charge in [-0.15, -0.1) is 0 Å². The molecule has 0 atom stereocenters. The van der Waals surface area contributed by atoms with Gasteiger partial charge in [0.15, 0.2) is 0 Å². The van der Waals surface area contributed by atoms with Crippen LogP contribution in [0, 0.1) is 0 Å². The fraction of sp³-hybridized carbons (Fsp3) is 0.667. The first-order valence-electron chi connectivity index (χ1n) is 6.11. The van der Waals surface area contributed by atoms with Gasteiger partial charge in [0.05, 0.1) is 11.1 Å². The average molecular weight is 273 g/mol. The van der Waals surface area contributed by atoms with Crippen molar-refractivity contribution in [3.8, 4) is 0 Å². The molecule has 1 fully saturated rings. The topological polar surface area (TPSA) is 64.1 Å². The van der Waals surface area contributed by atoms with Crippen LogP contribution in [-0.4, -0.2) is 22.8 Å². The zero-order valence-electron chi connectivity index (χ0n) is 10.6. The van der Waals surface area contributed by atoms with Crippen LogP contribution in [0.2, 0.25) is 5.15 Å². The summed E-state index contributed by atoms with van der Waals surface area (Å²) in [5, 5.41) is 0.152. The van der Waals surface area contributed by atoms with Gasteiger partial charge >= 0.3 is 5.69 Å². The second kappa shape index (κ2) is 4.90. The van der Waals surface area contributed by atoms with Gasteiger partial charge in [0.2, 0.25) is 0 Å². The van der Waals surface area contributed by atoms with E-state index in [-0.39, 0.29) is 10.7 Å². The van der Waals surface area contributed by atoms with Crippen molar-refractivity contribution in [1.29, 1.82) is 0 Å². The van der Waals surface area contributed by atoms with Crippen molar-refractivity contribution in [2.24, 2.45) is 0 Å². The van der Waals surface area contributed by atoms with E-state index in [0.29, 0.717) is 38.0 Å². The lowest BCUT2D eigenvalue weighted by Crippen LogP contribution is -2.51. The van der Waals surface area contributed by atoms with Crippen molar-refractivity contribution in [3.63, 3.8) is 0 Å². The second-order valence-electron chi connectivity index (χ2n) is 4.83. The summed E-state index contributed by atoms with van der Waals surface area (Å²) in [5.41, 5.74) is -0.747. The van der Waals surface area contributed by atoms with Crippen LogP contribution in [0.3, 0.4) is 0 Å². The number of aromatic nitrogens is 2. The van der Waals surface area contributed by atoms with Gasteiger partial charge in [0.1, 0.15) is 5.15 Å². The Morgan fingerprint density at radius 1 is 1.39 bits per heavy atom. The number of nitrogens with zero attached hydrogens (tertiary/aromatic N) is 1. The normalized spacial score (nSPS) is 18.8. The zero-order chi connectivity index (χ0) is 13.3. The summed E-state index contributed by atoms with van der Waals surface area (Å²) in [6.45, 7) is 4.88. The molecule has 1 aliphatic rings. The molecule has 0 aromatic carbocycles. The van der Waals surface area contributed by atoms with Gasteiger partial charge in [-0.25, -0.2) is 4.79 Å². The molecule has 0 unspecified atom stereocenters. The van der Waals surface area contributed by atoms with E-state index in [2.05, 4.69) is 4.98 Å². The van der Waals surface area contributed by atoms with Crippen LogP contribution in [0.25, 0.3) is 0 Å². The van der Waals surface area contributed by atoms with Crippen LogP contribution >= 0.6 is 11.6 Å². The first-order chi connectivity index (χ1) is 8.49. The number of aromatic amines is 1. The molecule has 2 heterocycles. The molecular formula is C12H17ClN2O3. The molecule has 0 bridgehead atoms. The largest absolute Gasteiger partial charge is 0.381 e. The Morgan fingerprint density at radius 3 is 2.56 bits per heavy atom. The Bertz CT molecular complexity index is 555. The van der Waals surface area contributed by atoms with E-state index in [1.54, 1.807) is 0 Å². The predicted octanol–water partition coefficient (Wildman–Crippen LogP) is 1.28. The Morgan fingerprint density at radius 2 is 2.00 bits per heavy atom. The molecule has 0 aliphatic carbocycles. The molecule has 1 N–H and O–H groups in total. The number of ether oxygens (including phenoxy) is 1. The van der Waals surface area contributed by atoms with Gasteiger partial charge < -0.3 is 4.74 Å². The number of rotatable bonds is 2. The van der Waals surface area contributed by atoms with Crippen LogP contribution in [0.1, 0.15) is 32.3 Å². The van der Waals surface area contributed by atoms with Gasteiger partial charge in [0.25, 0.3) is 5.56 Å². The van der Waals surface area contributed by atoms with E-state index in [1.807, 2.05) is 13.8 Å². The molecule has 0 radical (unpaired) electrons. The van der Waals surface area contributed by atoms with Gasteiger partial charge in [0, 0.05) is 13.2 Å². The highest BCUT2D eigenvalue weighted by atomic mass is 35.5. The van der Waals surface area contributed by atoms with Crippen molar-refractivity contribution in [1.82, 2.24) is 9.55 Å². The molecule has 1 saturated heterocycles. The van der Waals surface area contributed by atoms with E-state index < -0.39 is 11.2 Å². The minimum atomic E-state index is -0.489. The number of nitrogens with one attached hydrogen (secondary N) is 1. The van der Waals surface area contributed by atoms with Crippen LogP contribution < -0.4 is 11.2 Å². The van der Waals surface area contributed by atoms with Gasteiger partial charge in [-0.05, 0) is 26.2 Å². The van der Waals surface area contributed by atoms with Crippen molar-refractivity contribution < 1.29 is 4.74 Å².